The van der Waals surface area contributed by atoms with Crippen LogP contribution in [0.15, 0.2) is 36.4 Å². The summed E-state index contributed by atoms with van der Waals surface area (Å²) in [6.45, 7) is 2.06. The van der Waals surface area contributed by atoms with Crippen molar-refractivity contribution in [2.45, 2.75) is 13.3 Å². The van der Waals surface area contributed by atoms with Crippen molar-refractivity contribution >= 4 is 78.8 Å². The molecule has 0 unspecified atom stereocenters. The van der Waals surface area contributed by atoms with E-state index >= 15 is 0 Å². The molecule has 0 aliphatic heterocycles. The molecule has 3 aromatic rings. The number of fused-ring (bicyclic) bond motifs is 1. The molecule has 0 radical (unpaired) electrons. The van der Waals surface area contributed by atoms with Crippen molar-refractivity contribution in [2.24, 2.45) is 0 Å². The topological polar surface area (TPSA) is 29.1 Å². The first-order valence-electron chi connectivity index (χ1n) is 6.97. The van der Waals surface area contributed by atoms with Gasteiger partial charge in [-0.15, -0.1) is 11.3 Å². The van der Waals surface area contributed by atoms with E-state index in [1.54, 1.807) is 6.07 Å². The van der Waals surface area contributed by atoms with E-state index < -0.39 is 0 Å². The first-order valence-corrected chi connectivity index (χ1v) is 9.62. The summed E-state index contributed by atoms with van der Waals surface area (Å²) >= 11 is 16.0. The first kappa shape index (κ1) is 17.0. The van der Waals surface area contributed by atoms with E-state index in [-0.39, 0.29) is 5.91 Å². The zero-order valence-electron chi connectivity index (χ0n) is 12.1. The highest BCUT2D eigenvalue weighted by molar-refractivity contribution is 14.1. The Morgan fingerprint density at radius 1 is 1.22 bits per heavy atom. The highest BCUT2D eigenvalue weighted by Crippen LogP contribution is 2.37. The lowest BCUT2D eigenvalue weighted by Gasteiger charge is -2.09. The predicted molar refractivity (Wildman–Crippen MR) is 108 cm³/mol. The number of halogens is 3. The van der Waals surface area contributed by atoms with Gasteiger partial charge in [0, 0.05) is 24.4 Å². The van der Waals surface area contributed by atoms with Crippen LogP contribution >= 0.6 is 57.1 Å². The third-order valence-corrected chi connectivity index (χ3v) is 6.06. The second-order valence-electron chi connectivity index (χ2n) is 4.99. The number of aryl methyl sites for hydroxylation is 1. The maximum Gasteiger partial charge on any atom is 0.267 e. The van der Waals surface area contributed by atoms with Crippen LogP contribution < -0.4 is 5.32 Å². The number of nitrogens with one attached hydrogen (secondary N) is 1. The van der Waals surface area contributed by atoms with Crippen LogP contribution in [-0.4, -0.2) is 5.91 Å². The second kappa shape index (κ2) is 6.97. The Morgan fingerprint density at radius 2 is 2.00 bits per heavy atom. The maximum atomic E-state index is 12.6. The van der Waals surface area contributed by atoms with E-state index in [0.29, 0.717) is 14.9 Å². The van der Waals surface area contributed by atoms with E-state index in [4.69, 9.17) is 23.2 Å². The Balaban J connectivity index is 1.96. The lowest BCUT2D eigenvalue weighted by atomic mass is 10.1. The van der Waals surface area contributed by atoms with Crippen LogP contribution in [0.1, 0.15) is 22.2 Å². The largest absolute Gasteiger partial charge is 0.321 e. The first-order chi connectivity index (χ1) is 11.0. The smallest absolute Gasteiger partial charge is 0.267 e. The summed E-state index contributed by atoms with van der Waals surface area (Å²) in [6, 6.07) is 11.4. The van der Waals surface area contributed by atoms with Crippen molar-refractivity contribution in [1.29, 1.82) is 0 Å². The highest BCUT2D eigenvalue weighted by Gasteiger charge is 2.18. The quantitative estimate of drug-likeness (QED) is 0.423. The van der Waals surface area contributed by atoms with Crippen molar-refractivity contribution in [1.82, 2.24) is 0 Å². The molecule has 2 aromatic carbocycles. The molecule has 0 saturated carbocycles. The van der Waals surface area contributed by atoms with Gasteiger partial charge >= 0.3 is 0 Å². The SMILES string of the molecule is CCc1cc(I)ccc1NC(=O)c1sc2cc(Cl)ccc2c1Cl. The number of rotatable bonds is 3. The van der Waals surface area contributed by atoms with Gasteiger partial charge in [-0.1, -0.05) is 36.2 Å². The molecular weight excluding hydrogens is 464 g/mol. The average Bonchev–Trinajstić information content (AvgIpc) is 2.85. The summed E-state index contributed by atoms with van der Waals surface area (Å²) in [5.74, 6) is -0.191. The molecule has 23 heavy (non-hydrogen) atoms. The van der Waals surface area contributed by atoms with E-state index in [2.05, 4.69) is 40.9 Å². The van der Waals surface area contributed by atoms with Gasteiger partial charge in [-0.2, -0.15) is 0 Å². The molecule has 118 valence electrons. The fraction of sp³-hybridized carbons (Fsp3) is 0.118. The molecule has 0 fully saturated rings. The Labute approximate surface area is 161 Å². The van der Waals surface area contributed by atoms with Gasteiger partial charge in [-0.3, -0.25) is 4.79 Å². The van der Waals surface area contributed by atoms with Gasteiger partial charge < -0.3 is 5.32 Å². The van der Waals surface area contributed by atoms with Gasteiger partial charge in [0.05, 0.1) is 5.02 Å². The van der Waals surface area contributed by atoms with E-state index in [9.17, 15) is 4.79 Å². The zero-order chi connectivity index (χ0) is 16.6. The minimum atomic E-state index is -0.191. The fourth-order valence-electron chi connectivity index (χ4n) is 2.34. The van der Waals surface area contributed by atoms with Crippen LogP contribution in [0.3, 0.4) is 0 Å². The minimum absolute atomic E-state index is 0.191. The molecule has 0 aliphatic carbocycles. The zero-order valence-corrected chi connectivity index (χ0v) is 16.6. The molecule has 1 aromatic heterocycles. The maximum absolute atomic E-state index is 12.6. The van der Waals surface area contributed by atoms with Crippen molar-refractivity contribution in [2.75, 3.05) is 5.32 Å². The second-order valence-corrected chi connectivity index (χ2v) is 8.11. The number of hydrogen-bond acceptors (Lipinski definition) is 2. The molecule has 1 heterocycles. The van der Waals surface area contributed by atoms with Gasteiger partial charge in [0.1, 0.15) is 4.88 Å². The van der Waals surface area contributed by atoms with Crippen molar-refractivity contribution < 1.29 is 4.79 Å². The molecule has 0 aliphatic rings. The summed E-state index contributed by atoms with van der Waals surface area (Å²) in [5, 5.41) is 4.93. The van der Waals surface area contributed by atoms with Gasteiger partial charge in [0.15, 0.2) is 0 Å². The molecule has 0 bridgehead atoms. The number of amides is 1. The molecule has 2 nitrogen and oxygen atoms in total. The Bertz CT molecular complexity index is 907. The molecule has 0 atom stereocenters. The van der Waals surface area contributed by atoms with Gasteiger partial charge in [-0.05, 0) is 64.9 Å². The monoisotopic (exact) mass is 475 g/mol. The normalized spacial score (nSPS) is 11.0. The molecule has 0 saturated heterocycles. The standard InChI is InChI=1S/C17H12Cl2INOS/c1-2-9-7-11(20)4-6-13(9)21-17(22)16-15(19)12-5-3-10(18)8-14(12)23-16/h3-8H,2H2,1H3,(H,21,22). The van der Waals surface area contributed by atoms with E-state index in [1.807, 2.05) is 24.3 Å². The van der Waals surface area contributed by atoms with E-state index in [0.717, 1.165) is 31.3 Å². The summed E-state index contributed by atoms with van der Waals surface area (Å²) in [6.07, 6.45) is 0.849. The van der Waals surface area contributed by atoms with Gasteiger partial charge in [0.25, 0.3) is 5.91 Å². The summed E-state index contributed by atoms with van der Waals surface area (Å²) < 4.78 is 2.05. The van der Waals surface area contributed by atoms with Crippen LogP contribution in [0, 0.1) is 3.57 Å². The van der Waals surface area contributed by atoms with Crippen molar-refractivity contribution in [3.8, 4) is 0 Å². The number of thiophene rings is 1. The fourth-order valence-corrected chi connectivity index (χ4v) is 4.58. The Morgan fingerprint density at radius 3 is 2.74 bits per heavy atom. The Kier molecular flexibility index (Phi) is 5.16. The number of benzene rings is 2. The lowest BCUT2D eigenvalue weighted by molar-refractivity contribution is 0.103. The average molecular weight is 476 g/mol. The third-order valence-electron chi connectivity index (χ3n) is 3.49. The Hall–Kier alpha value is -0.820. The van der Waals surface area contributed by atoms with Gasteiger partial charge in [0.2, 0.25) is 0 Å². The van der Waals surface area contributed by atoms with Crippen molar-refractivity contribution in [3.63, 3.8) is 0 Å². The van der Waals surface area contributed by atoms with Crippen LogP contribution in [0.4, 0.5) is 5.69 Å². The van der Waals surface area contributed by atoms with E-state index in [1.165, 1.54) is 11.3 Å². The molecule has 1 N–H and O–H groups in total. The van der Waals surface area contributed by atoms with Gasteiger partial charge in [-0.25, -0.2) is 0 Å². The molecule has 1 amide bonds. The number of carbonyl (C=O) groups excluding carboxylic acids is 1. The van der Waals surface area contributed by atoms with Crippen LogP contribution in [-0.2, 0) is 6.42 Å². The summed E-state index contributed by atoms with van der Waals surface area (Å²) in [5.41, 5.74) is 1.93. The van der Waals surface area contributed by atoms with Crippen molar-refractivity contribution in [3.05, 3.63) is 60.5 Å². The highest BCUT2D eigenvalue weighted by atomic mass is 127. The van der Waals surface area contributed by atoms with Crippen LogP contribution in [0.25, 0.3) is 10.1 Å². The van der Waals surface area contributed by atoms with Crippen LogP contribution in [0.5, 0.6) is 0 Å². The number of hydrogen-bond donors (Lipinski definition) is 1. The minimum Gasteiger partial charge on any atom is -0.321 e. The third kappa shape index (κ3) is 3.50. The predicted octanol–water partition coefficient (Wildman–Crippen LogP) is 6.63. The molecule has 6 heteroatoms. The van der Waals surface area contributed by atoms with Crippen LogP contribution in [0.2, 0.25) is 10.0 Å². The molecular formula is C17H12Cl2INOS. The summed E-state index contributed by atoms with van der Waals surface area (Å²) in [4.78, 5) is 13.1. The number of carbonyl (C=O) groups is 1. The number of anilines is 1. The summed E-state index contributed by atoms with van der Waals surface area (Å²) in [7, 11) is 0. The molecule has 0 spiro atoms. The lowest BCUT2D eigenvalue weighted by Crippen LogP contribution is -2.12. The molecule has 3 rings (SSSR count).